The number of aromatic nitrogens is 1. The molecule has 1 amide bonds. The van der Waals surface area contributed by atoms with Gasteiger partial charge in [0.25, 0.3) is 5.91 Å². The summed E-state index contributed by atoms with van der Waals surface area (Å²) in [6, 6.07) is 1.95. The highest BCUT2D eigenvalue weighted by atomic mass is 35.5. The van der Waals surface area contributed by atoms with E-state index in [0.29, 0.717) is 23.2 Å². The van der Waals surface area contributed by atoms with Crippen molar-refractivity contribution in [2.45, 2.75) is 31.7 Å². The van der Waals surface area contributed by atoms with Crippen molar-refractivity contribution < 1.29 is 9.90 Å². The van der Waals surface area contributed by atoms with E-state index in [9.17, 15) is 9.90 Å². The monoisotopic (exact) mass is 311 g/mol. The molecule has 1 unspecified atom stereocenters. The summed E-state index contributed by atoms with van der Waals surface area (Å²) in [6.07, 6.45) is 7.22. The average Bonchev–Trinajstić information content (AvgIpc) is 2.94. The lowest BCUT2D eigenvalue weighted by molar-refractivity contribution is 0.0952. The lowest BCUT2D eigenvalue weighted by atomic mass is 10.2. The largest absolute Gasteiger partial charge is 0.395 e. The van der Waals surface area contributed by atoms with Crippen molar-refractivity contribution in [3.05, 3.63) is 29.0 Å². The number of nitrogens with one attached hydrogen (secondary N) is 1. The van der Waals surface area contributed by atoms with Crippen LogP contribution in [0.2, 0.25) is 5.02 Å². The summed E-state index contributed by atoms with van der Waals surface area (Å²) in [5.74, 6) is -0.156. The number of carbonyl (C=O) groups excluding carboxylic acids is 1. The highest BCUT2D eigenvalue weighted by molar-refractivity contribution is 6.33. The Kier molecular flexibility index (Phi) is 6.42. The summed E-state index contributed by atoms with van der Waals surface area (Å²) in [4.78, 5) is 18.1. The number of aliphatic hydroxyl groups is 1. The summed E-state index contributed by atoms with van der Waals surface area (Å²) in [5, 5.41) is 12.5. The number of carbonyl (C=O) groups is 1. The molecule has 1 aliphatic heterocycles. The lowest BCUT2D eigenvalue weighted by Crippen LogP contribution is -2.33. The SMILES string of the molecule is O=C(NCCCCN1CCCC1CO)c1ccncc1Cl. The third-order valence-corrected chi connectivity index (χ3v) is 4.19. The molecule has 0 aliphatic carbocycles. The van der Waals surface area contributed by atoms with E-state index < -0.39 is 0 Å². The van der Waals surface area contributed by atoms with Crippen molar-refractivity contribution in [2.24, 2.45) is 0 Å². The second-order valence-corrected chi connectivity index (χ2v) is 5.74. The van der Waals surface area contributed by atoms with Gasteiger partial charge in [-0.3, -0.25) is 14.7 Å². The number of nitrogens with zero attached hydrogens (tertiary/aromatic N) is 2. The van der Waals surface area contributed by atoms with Gasteiger partial charge < -0.3 is 10.4 Å². The highest BCUT2D eigenvalue weighted by Crippen LogP contribution is 2.17. The number of hydrogen-bond acceptors (Lipinski definition) is 4. The molecule has 2 N–H and O–H groups in total. The standard InChI is InChI=1S/C15H22ClN3O2/c16-14-10-17-7-5-13(14)15(21)18-6-1-2-8-19-9-3-4-12(19)11-20/h5,7,10,12,20H,1-4,6,8-9,11H2,(H,18,21). The number of halogens is 1. The van der Waals surface area contributed by atoms with E-state index >= 15 is 0 Å². The number of amides is 1. The Balaban J connectivity index is 1.64. The van der Waals surface area contributed by atoms with Crippen LogP contribution in [0, 0.1) is 0 Å². The van der Waals surface area contributed by atoms with Crippen LogP contribution in [0.1, 0.15) is 36.0 Å². The fourth-order valence-electron chi connectivity index (χ4n) is 2.69. The second-order valence-electron chi connectivity index (χ2n) is 5.33. The van der Waals surface area contributed by atoms with Gasteiger partial charge in [0.2, 0.25) is 0 Å². The molecule has 0 spiro atoms. The van der Waals surface area contributed by atoms with E-state index in [4.69, 9.17) is 11.6 Å². The number of aliphatic hydroxyl groups excluding tert-OH is 1. The van der Waals surface area contributed by atoms with E-state index in [1.54, 1.807) is 12.3 Å². The first-order chi connectivity index (χ1) is 10.2. The summed E-state index contributed by atoms with van der Waals surface area (Å²) in [6.45, 7) is 2.94. The Morgan fingerprint density at radius 3 is 3.14 bits per heavy atom. The fraction of sp³-hybridized carbons (Fsp3) is 0.600. The molecule has 1 saturated heterocycles. The number of unbranched alkanes of at least 4 members (excludes halogenated alkanes) is 1. The third kappa shape index (κ3) is 4.66. The topological polar surface area (TPSA) is 65.5 Å². The summed E-state index contributed by atoms with van der Waals surface area (Å²) in [5.41, 5.74) is 0.464. The number of hydrogen-bond donors (Lipinski definition) is 2. The van der Waals surface area contributed by atoms with Crippen LogP contribution >= 0.6 is 11.6 Å². The average molecular weight is 312 g/mol. The van der Waals surface area contributed by atoms with Gasteiger partial charge in [-0.25, -0.2) is 0 Å². The van der Waals surface area contributed by atoms with Gasteiger partial charge in [0, 0.05) is 25.0 Å². The Bertz CT molecular complexity index is 470. The Morgan fingerprint density at radius 1 is 1.52 bits per heavy atom. The normalized spacial score (nSPS) is 18.9. The van der Waals surface area contributed by atoms with Crippen LogP contribution < -0.4 is 5.32 Å². The first-order valence-electron chi connectivity index (χ1n) is 7.45. The molecular formula is C15H22ClN3O2. The molecule has 1 aromatic heterocycles. The molecule has 1 fully saturated rings. The van der Waals surface area contributed by atoms with Crippen LogP contribution in [-0.4, -0.2) is 53.2 Å². The Morgan fingerprint density at radius 2 is 2.38 bits per heavy atom. The van der Waals surface area contributed by atoms with E-state index in [0.717, 1.165) is 32.4 Å². The summed E-state index contributed by atoms with van der Waals surface area (Å²) >= 11 is 5.92. The molecule has 2 rings (SSSR count). The van der Waals surface area contributed by atoms with E-state index in [-0.39, 0.29) is 12.5 Å². The number of pyridine rings is 1. The van der Waals surface area contributed by atoms with E-state index in [1.807, 2.05) is 0 Å². The molecule has 0 bridgehead atoms. The molecule has 6 heteroatoms. The van der Waals surface area contributed by atoms with Crippen LogP contribution in [-0.2, 0) is 0 Å². The maximum Gasteiger partial charge on any atom is 0.252 e. The van der Waals surface area contributed by atoms with Crippen molar-refractivity contribution in [1.29, 1.82) is 0 Å². The van der Waals surface area contributed by atoms with Crippen LogP contribution in [0.5, 0.6) is 0 Å². The Hall–Kier alpha value is -1.17. The van der Waals surface area contributed by atoms with Gasteiger partial charge in [-0.15, -0.1) is 0 Å². The van der Waals surface area contributed by atoms with Gasteiger partial charge >= 0.3 is 0 Å². The summed E-state index contributed by atoms with van der Waals surface area (Å²) in [7, 11) is 0. The fourth-order valence-corrected chi connectivity index (χ4v) is 2.90. The van der Waals surface area contributed by atoms with Gasteiger partial charge in [-0.1, -0.05) is 11.6 Å². The molecule has 116 valence electrons. The smallest absolute Gasteiger partial charge is 0.252 e. The lowest BCUT2D eigenvalue weighted by Gasteiger charge is -2.22. The van der Waals surface area contributed by atoms with Gasteiger partial charge in [0.15, 0.2) is 0 Å². The third-order valence-electron chi connectivity index (χ3n) is 3.88. The van der Waals surface area contributed by atoms with Crippen LogP contribution in [0.4, 0.5) is 0 Å². The number of rotatable bonds is 7. The van der Waals surface area contributed by atoms with Crippen LogP contribution in [0.25, 0.3) is 0 Å². The Labute approximate surface area is 130 Å². The summed E-state index contributed by atoms with van der Waals surface area (Å²) < 4.78 is 0. The maximum absolute atomic E-state index is 11.9. The first-order valence-corrected chi connectivity index (χ1v) is 7.83. The van der Waals surface area contributed by atoms with Gasteiger partial charge in [0.05, 0.1) is 17.2 Å². The predicted octanol–water partition coefficient (Wildman–Crippen LogP) is 1.70. The molecular weight excluding hydrogens is 290 g/mol. The minimum atomic E-state index is -0.156. The van der Waals surface area contributed by atoms with Crippen molar-refractivity contribution >= 4 is 17.5 Å². The minimum absolute atomic E-state index is 0.156. The van der Waals surface area contributed by atoms with Crippen molar-refractivity contribution in [3.8, 4) is 0 Å². The van der Waals surface area contributed by atoms with Gasteiger partial charge in [-0.05, 0) is 44.8 Å². The quantitative estimate of drug-likeness (QED) is 0.752. The van der Waals surface area contributed by atoms with Crippen molar-refractivity contribution in [1.82, 2.24) is 15.2 Å². The van der Waals surface area contributed by atoms with E-state index in [1.165, 1.54) is 12.6 Å². The first kappa shape index (κ1) is 16.2. The highest BCUT2D eigenvalue weighted by Gasteiger charge is 2.22. The molecule has 1 atom stereocenters. The van der Waals surface area contributed by atoms with Crippen molar-refractivity contribution in [3.63, 3.8) is 0 Å². The predicted molar refractivity (Wildman–Crippen MR) is 82.5 cm³/mol. The van der Waals surface area contributed by atoms with Crippen LogP contribution in [0.15, 0.2) is 18.5 Å². The second kappa shape index (κ2) is 8.32. The van der Waals surface area contributed by atoms with E-state index in [2.05, 4.69) is 15.2 Å². The molecule has 21 heavy (non-hydrogen) atoms. The zero-order valence-corrected chi connectivity index (χ0v) is 12.9. The van der Waals surface area contributed by atoms with Crippen molar-refractivity contribution in [2.75, 3.05) is 26.2 Å². The minimum Gasteiger partial charge on any atom is -0.395 e. The molecule has 2 heterocycles. The van der Waals surface area contributed by atoms with Gasteiger partial charge in [0.1, 0.15) is 0 Å². The maximum atomic E-state index is 11.9. The van der Waals surface area contributed by atoms with Gasteiger partial charge in [-0.2, -0.15) is 0 Å². The zero-order valence-electron chi connectivity index (χ0n) is 12.1. The molecule has 0 saturated carbocycles. The zero-order chi connectivity index (χ0) is 15.1. The molecule has 0 aromatic carbocycles. The molecule has 0 radical (unpaired) electrons. The number of likely N-dealkylation sites (tertiary alicyclic amines) is 1. The molecule has 1 aliphatic rings. The molecule has 5 nitrogen and oxygen atoms in total. The molecule has 1 aromatic rings. The van der Waals surface area contributed by atoms with Crippen LogP contribution in [0.3, 0.4) is 0 Å².